The number of benzene rings is 1. The molecule has 1 aromatic rings. The predicted molar refractivity (Wildman–Crippen MR) is 74.6 cm³/mol. The molecule has 3 heteroatoms. The molecule has 1 heterocycles. The van der Waals surface area contributed by atoms with E-state index in [1.807, 2.05) is 12.1 Å². The fourth-order valence-corrected chi connectivity index (χ4v) is 2.84. The molecule has 0 aliphatic carbocycles. The zero-order valence-corrected chi connectivity index (χ0v) is 11.2. The van der Waals surface area contributed by atoms with E-state index in [-0.39, 0.29) is 0 Å². The fourth-order valence-electron chi connectivity index (χ4n) is 2.64. The van der Waals surface area contributed by atoms with Gasteiger partial charge >= 0.3 is 0 Å². The van der Waals surface area contributed by atoms with E-state index in [1.54, 1.807) is 0 Å². The third-order valence-electron chi connectivity index (χ3n) is 3.70. The monoisotopic (exact) mass is 252 g/mol. The Morgan fingerprint density at radius 2 is 2.29 bits per heavy atom. The van der Waals surface area contributed by atoms with Crippen molar-refractivity contribution >= 4 is 17.3 Å². The maximum atomic E-state index is 6.02. The van der Waals surface area contributed by atoms with Gasteiger partial charge in [0.15, 0.2) is 0 Å². The first-order valence-electron chi connectivity index (χ1n) is 6.48. The average Bonchev–Trinajstić information content (AvgIpc) is 2.38. The summed E-state index contributed by atoms with van der Waals surface area (Å²) in [5, 5.41) is 0.776. The van der Waals surface area contributed by atoms with E-state index in [9.17, 15) is 0 Å². The Kier molecular flexibility index (Phi) is 4.30. The maximum Gasteiger partial charge on any atom is 0.0412 e. The average molecular weight is 253 g/mol. The first-order chi connectivity index (χ1) is 8.24. The summed E-state index contributed by atoms with van der Waals surface area (Å²) in [4.78, 5) is 2.47. The van der Waals surface area contributed by atoms with E-state index in [1.165, 1.54) is 24.9 Å². The van der Waals surface area contributed by atoms with Crippen LogP contribution in [0.1, 0.15) is 31.7 Å². The van der Waals surface area contributed by atoms with Crippen LogP contribution >= 0.6 is 11.6 Å². The summed E-state index contributed by atoms with van der Waals surface area (Å²) in [5.41, 5.74) is 8.24. The molecule has 0 bridgehead atoms. The van der Waals surface area contributed by atoms with E-state index >= 15 is 0 Å². The Bertz CT molecular complexity index is 378. The first-order valence-corrected chi connectivity index (χ1v) is 6.85. The van der Waals surface area contributed by atoms with Crippen molar-refractivity contribution in [1.82, 2.24) is 0 Å². The van der Waals surface area contributed by atoms with Gasteiger partial charge in [0.25, 0.3) is 0 Å². The molecule has 0 aromatic heterocycles. The highest BCUT2D eigenvalue weighted by molar-refractivity contribution is 6.30. The van der Waals surface area contributed by atoms with E-state index in [4.69, 9.17) is 17.3 Å². The van der Waals surface area contributed by atoms with Crippen LogP contribution in [0.3, 0.4) is 0 Å². The lowest BCUT2D eigenvalue weighted by Crippen LogP contribution is -2.35. The first kappa shape index (κ1) is 12.7. The molecular formula is C14H21ClN2. The van der Waals surface area contributed by atoms with Gasteiger partial charge in [-0.2, -0.15) is 0 Å². The van der Waals surface area contributed by atoms with Crippen LogP contribution in [0.2, 0.25) is 5.02 Å². The van der Waals surface area contributed by atoms with Gasteiger partial charge in [-0.1, -0.05) is 24.9 Å². The highest BCUT2D eigenvalue weighted by Crippen LogP contribution is 2.29. The number of anilines is 1. The number of halogens is 1. The van der Waals surface area contributed by atoms with Crippen LogP contribution in [-0.4, -0.2) is 13.1 Å². The zero-order valence-electron chi connectivity index (χ0n) is 10.5. The van der Waals surface area contributed by atoms with Gasteiger partial charge in [0.1, 0.15) is 0 Å². The molecule has 0 amide bonds. The Morgan fingerprint density at radius 3 is 3.00 bits per heavy atom. The van der Waals surface area contributed by atoms with Crippen LogP contribution in [0.15, 0.2) is 18.2 Å². The van der Waals surface area contributed by atoms with Gasteiger partial charge in [-0.25, -0.2) is 0 Å². The Morgan fingerprint density at radius 1 is 1.47 bits per heavy atom. The van der Waals surface area contributed by atoms with Gasteiger partial charge in [0.2, 0.25) is 0 Å². The van der Waals surface area contributed by atoms with Crippen molar-refractivity contribution in [1.29, 1.82) is 0 Å². The number of nitrogens with two attached hydrogens (primary N) is 1. The van der Waals surface area contributed by atoms with Crippen molar-refractivity contribution in [3.8, 4) is 0 Å². The molecule has 2 nitrogen and oxygen atoms in total. The summed E-state index contributed by atoms with van der Waals surface area (Å²) in [6, 6.07) is 6.07. The summed E-state index contributed by atoms with van der Waals surface area (Å²) >= 11 is 6.02. The lowest BCUT2D eigenvalue weighted by Gasteiger charge is -2.35. The second-order valence-electron chi connectivity index (χ2n) is 4.84. The van der Waals surface area contributed by atoms with E-state index in [0.717, 1.165) is 29.6 Å². The molecule has 1 aliphatic heterocycles. The standard InChI is InChI=1S/C14H21ClN2/c1-2-11-4-3-7-17(10-11)14-6-5-13(15)8-12(14)9-16/h5-6,8,11H,2-4,7,9-10,16H2,1H3. The summed E-state index contributed by atoms with van der Waals surface area (Å²) in [7, 11) is 0. The molecule has 0 saturated carbocycles. The van der Waals surface area contributed by atoms with Crippen molar-refractivity contribution in [2.75, 3.05) is 18.0 Å². The topological polar surface area (TPSA) is 29.3 Å². The van der Waals surface area contributed by atoms with Crippen molar-refractivity contribution in [3.63, 3.8) is 0 Å². The van der Waals surface area contributed by atoms with Crippen molar-refractivity contribution in [2.45, 2.75) is 32.7 Å². The molecule has 94 valence electrons. The minimum atomic E-state index is 0.559. The van der Waals surface area contributed by atoms with E-state index in [2.05, 4.69) is 17.9 Å². The highest BCUT2D eigenvalue weighted by Gasteiger charge is 2.20. The minimum absolute atomic E-state index is 0.559. The number of hydrogen-bond donors (Lipinski definition) is 1. The van der Waals surface area contributed by atoms with Gasteiger partial charge in [-0.05, 0) is 42.5 Å². The second kappa shape index (κ2) is 5.74. The zero-order chi connectivity index (χ0) is 12.3. The summed E-state index contributed by atoms with van der Waals surface area (Å²) < 4.78 is 0. The molecule has 1 saturated heterocycles. The van der Waals surface area contributed by atoms with Gasteiger partial charge in [-0.3, -0.25) is 0 Å². The van der Waals surface area contributed by atoms with Crippen molar-refractivity contribution in [2.24, 2.45) is 11.7 Å². The van der Waals surface area contributed by atoms with Crippen molar-refractivity contribution in [3.05, 3.63) is 28.8 Å². The third-order valence-corrected chi connectivity index (χ3v) is 3.93. The largest absolute Gasteiger partial charge is 0.371 e. The molecule has 1 atom stereocenters. The maximum absolute atomic E-state index is 6.02. The van der Waals surface area contributed by atoms with E-state index in [0.29, 0.717) is 6.54 Å². The van der Waals surface area contributed by atoms with Crippen molar-refractivity contribution < 1.29 is 0 Å². The van der Waals surface area contributed by atoms with Crippen LogP contribution in [0.4, 0.5) is 5.69 Å². The van der Waals surface area contributed by atoms with Gasteiger partial charge in [0, 0.05) is 30.3 Å². The van der Waals surface area contributed by atoms with Crippen LogP contribution in [0.25, 0.3) is 0 Å². The van der Waals surface area contributed by atoms with E-state index < -0.39 is 0 Å². The van der Waals surface area contributed by atoms with Crippen LogP contribution in [0, 0.1) is 5.92 Å². The van der Waals surface area contributed by atoms with Crippen LogP contribution < -0.4 is 10.6 Å². The molecule has 1 aliphatic rings. The molecule has 1 fully saturated rings. The molecule has 0 spiro atoms. The number of nitrogens with zero attached hydrogens (tertiary/aromatic N) is 1. The SMILES string of the molecule is CCC1CCCN(c2ccc(Cl)cc2CN)C1. The molecule has 1 aromatic carbocycles. The number of piperidine rings is 1. The molecule has 2 N–H and O–H groups in total. The highest BCUT2D eigenvalue weighted by atomic mass is 35.5. The summed E-state index contributed by atoms with van der Waals surface area (Å²) in [5.74, 6) is 0.824. The summed E-state index contributed by atoms with van der Waals surface area (Å²) in [6.45, 7) is 5.14. The predicted octanol–water partition coefficient (Wildman–Crippen LogP) is 3.43. The smallest absolute Gasteiger partial charge is 0.0412 e. The molecule has 1 unspecified atom stereocenters. The Hall–Kier alpha value is -0.730. The molecule has 0 radical (unpaired) electrons. The minimum Gasteiger partial charge on any atom is -0.371 e. The molecular weight excluding hydrogens is 232 g/mol. The van der Waals surface area contributed by atoms with Gasteiger partial charge in [0.05, 0.1) is 0 Å². The Labute approximate surface area is 109 Å². The van der Waals surface area contributed by atoms with Gasteiger partial charge < -0.3 is 10.6 Å². The quantitative estimate of drug-likeness (QED) is 0.893. The van der Waals surface area contributed by atoms with Crippen LogP contribution in [-0.2, 0) is 6.54 Å². The fraction of sp³-hybridized carbons (Fsp3) is 0.571. The lowest BCUT2D eigenvalue weighted by atomic mass is 9.94. The normalized spacial score (nSPS) is 20.6. The Balaban J connectivity index is 2.20. The second-order valence-corrected chi connectivity index (χ2v) is 5.28. The van der Waals surface area contributed by atoms with Gasteiger partial charge in [-0.15, -0.1) is 0 Å². The number of hydrogen-bond acceptors (Lipinski definition) is 2. The number of rotatable bonds is 3. The molecule has 17 heavy (non-hydrogen) atoms. The summed E-state index contributed by atoms with van der Waals surface area (Å²) in [6.07, 6.45) is 3.91. The third kappa shape index (κ3) is 2.93. The molecule has 2 rings (SSSR count). The lowest BCUT2D eigenvalue weighted by molar-refractivity contribution is 0.404. The van der Waals surface area contributed by atoms with Crippen LogP contribution in [0.5, 0.6) is 0 Å².